The Hall–Kier alpha value is -1.86. The van der Waals surface area contributed by atoms with Gasteiger partial charge in [-0.3, -0.25) is 4.79 Å². The van der Waals surface area contributed by atoms with Crippen LogP contribution in [0.1, 0.15) is 18.4 Å². The number of likely N-dealkylation sites (N-methyl/N-ethyl adjacent to an activating group) is 1. The van der Waals surface area contributed by atoms with Gasteiger partial charge >= 0.3 is 0 Å². The lowest BCUT2D eigenvalue weighted by molar-refractivity contribution is -0.142. The number of amides is 1. The molecule has 0 N–H and O–H groups in total. The highest BCUT2D eigenvalue weighted by Gasteiger charge is 2.42. The molecule has 1 fully saturated rings. The molecule has 4 nitrogen and oxygen atoms in total. The number of benzene rings is 1. The maximum absolute atomic E-state index is 12.5. The highest BCUT2D eigenvalue weighted by atomic mass is 16.5. The highest BCUT2D eigenvalue weighted by Crippen LogP contribution is 2.31. The largest absolute Gasteiger partial charge is 0.381 e. The lowest BCUT2D eigenvalue weighted by Gasteiger charge is -2.33. The van der Waals surface area contributed by atoms with Gasteiger partial charge in [-0.1, -0.05) is 30.3 Å². The predicted octanol–water partition coefficient (Wildman–Crippen LogP) is 2.01. The molecular weight excluding hydrogens is 252 g/mol. The third-order valence-electron chi connectivity index (χ3n) is 3.90. The van der Waals surface area contributed by atoms with Gasteiger partial charge in [0.15, 0.2) is 0 Å². The fourth-order valence-corrected chi connectivity index (χ4v) is 2.50. The summed E-state index contributed by atoms with van der Waals surface area (Å²) in [6.07, 6.45) is 1.80. The van der Waals surface area contributed by atoms with Crippen molar-refractivity contribution >= 4 is 5.91 Å². The van der Waals surface area contributed by atoms with Crippen molar-refractivity contribution in [2.45, 2.75) is 19.3 Å². The molecule has 0 bridgehead atoms. The molecule has 0 radical (unpaired) electrons. The lowest BCUT2D eigenvalue weighted by Crippen LogP contribution is -2.45. The Bertz CT molecular complexity index is 487. The molecule has 1 heterocycles. The maximum atomic E-state index is 12.5. The quantitative estimate of drug-likeness (QED) is 0.842. The number of rotatable bonds is 4. The topological polar surface area (TPSA) is 53.3 Å². The number of hydrogen-bond donors (Lipinski definition) is 0. The number of nitrogens with zero attached hydrogens (tertiary/aromatic N) is 2. The molecule has 20 heavy (non-hydrogen) atoms. The zero-order chi connectivity index (χ0) is 14.4. The van der Waals surface area contributed by atoms with E-state index in [2.05, 4.69) is 6.07 Å². The normalized spacial score (nSPS) is 17.2. The zero-order valence-electron chi connectivity index (χ0n) is 11.8. The van der Waals surface area contributed by atoms with Crippen LogP contribution in [-0.2, 0) is 16.0 Å². The Labute approximate surface area is 120 Å². The van der Waals surface area contributed by atoms with Crippen molar-refractivity contribution in [1.82, 2.24) is 4.90 Å². The van der Waals surface area contributed by atoms with E-state index in [1.807, 2.05) is 30.3 Å². The molecule has 0 aromatic heterocycles. The van der Waals surface area contributed by atoms with Crippen LogP contribution in [0.3, 0.4) is 0 Å². The van der Waals surface area contributed by atoms with Gasteiger partial charge in [0.25, 0.3) is 0 Å². The van der Waals surface area contributed by atoms with Gasteiger partial charge in [-0.25, -0.2) is 0 Å². The fourth-order valence-electron chi connectivity index (χ4n) is 2.50. The summed E-state index contributed by atoms with van der Waals surface area (Å²) in [5.41, 5.74) is 0.314. The second-order valence-electron chi connectivity index (χ2n) is 5.27. The summed E-state index contributed by atoms with van der Waals surface area (Å²) in [4.78, 5) is 14.2. The summed E-state index contributed by atoms with van der Waals surface area (Å²) in [6, 6.07) is 12.3. The molecular formula is C16H20N2O2. The molecule has 0 aliphatic carbocycles. The van der Waals surface area contributed by atoms with Gasteiger partial charge < -0.3 is 9.64 Å². The molecule has 0 saturated carbocycles. The van der Waals surface area contributed by atoms with E-state index in [0.29, 0.717) is 32.6 Å². The van der Waals surface area contributed by atoms with Crippen LogP contribution >= 0.6 is 0 Å². The lowest BCUT2D eigenvalue weighted by atomic mass is 9.80. The summed E-state index contributed by atoms with van der Waals surface area (Å²) in [6.45, 7) is 1.62. The van der Waals surface area contributed by atoms with Crippen molar-refractivity contribution in [1.29, 1.82) is 5.26 Å². The van der Waals surface area contributed by atoms with Crippen LogP contribution < -0.4 is 0 Å². The van der Waals surface area contributed by atoms with Gasteiger partial charge in [0.2, 0.25) is 5.91 Å². The SMILES string of the molecule is CN(CCc1ccccc1)C(=O)C1(C#N)CCOCC1. The molecule has 2 rings (SSSR count). The molecule has 1 aromatic rings. The molecule has 0 unspecified atom stereocenters. The molecule has 1 aliphatic heterocycles. The predicted molar refractivity (Wildman–Crippen MR) is 75.9 cm³/mol. The van der Waals surface area contributed by atoms with E-state index in [-0.39, 0.29) is 5.91 Å². The first-order valence-corrected chi connectivity index (χ1v) is 6.96. The maximum Gasteiger partial charge on any atom is 0.242 e. The van der Waals surface area contributed by atoms with Crippen LogP contribution in [0.25, 0.3) is 0 Å². The van der Waals surface area contributed by atoms with Crippen LogP contribution in [0.15, 0.2) is 30.3 Å². The first kappa shape index (κ1) is 14.5. The Kier molecular flexibility index (Phi) is 4.75. The summed E-state index contributed by atoms with van der Waals surface area (Å²) in [7, 11) is 1.78. The van der Waals surface area contributed by atoms with Crippen LogP contribution in [-0.4, -0.2) is 37.6 Å². The molecule has 0 spiro atoms. The number of carbonyl (C=O) groups is 1. The number of nitriles is 1. The fraction of sp³-hybridized carbons (Fsp3) is 0.500. The van der Waals surface area contributed by atoms with Crippen molar-refractivity contribution in [3.8, 4) is 6.07 Å². The van der Waals surface area contributed by atoms with Crippen molar-refractivity contribution in [2.75, 3.05) is 26.8 Å². The van der Waals surface area contributed by atoms with Gasteiger partial charge in [-0.05, 0) is 24.8 Å². The van der Waals surface area contributed by atoms with Crippen LogP contribution in [0.4, 0.5) is 0 Å². The number of carbonyl (C=O) groups excluding carboxylic acids is 1. The highest BCUT2D eigenvalue weighted by molar-refractivity contribution is 5.85. The molecule has 1 aromatic carbocycles. The molecule has 106 valence electrons. The zero-order valence-corrected chi connectivity index (χ0v) is 11.8. The van der Waals surface area contributed by atoms with Crippen molar-refractivity contribution in [3.63, 3.8) is 0 Å². The average molecular weight is 272 g/mol. The van der Waals surface area contributed by atoms with E-state index in [9.17, 15) is 10.1 Å². The van der Waals surface area contributed by atoms with Crippen molar-refractivity contribution in [3.05, 3.63) is 35.9 Å². The number of hydrogen-bond acceptors (Lipinski definition) is 3. The van der Waals surface area contributed by atoms with Gasteiger partial charge in [-0.15, -0.1) is 0 Å². The van der Waals surface area contributed by atoms with E-state index >= 15 is 0 Å². The second kappa shape index (κ2) is 6.53. The Balaban J connectivity index is 1.96. The molecule has 1 saturated heterocycles. The van der Waals surface area contributed by atoms with Crippen molar-refractivity contribution in [2.24, 2.45) is 5.41 Å². The van der Waals surface area contributed by atoms with E-state index in [0.717, 1.165) is 6.42 Å². The van der Waals surface area contributed by atoms with Crippen LogP contribution in [0, 0.1) is 16.7 Å². The minimum atomic E-state index is -0.885. The summed E-state index contributed by atoms with van der Waals surface area (Å²) in [5, 5.41) is 9.39. The smallest absolute Gasteiger partial charge is 0.242 e. The molecule has 0 atom stereocenters. The van der Waals surface area contributed by atoms with Gasteiger partial charge in [0.1, 0.15) is 5.41 Å². The van der Waals surface area contributed by atoms with Crippen molar-refractivity contribution < 1.29 is 9.53 Å². The standard InChI is InChI=1S/C16H20N2O2/c1-18(10-7-14-5-3-2-4-6-14)15(19)16(13-17)8-11-20-12-9-16/h2-6H,7-12H2,1H3. The minimum Gasteiger partial charge on any atom is -0.381 e. The Morgan fingerprint density at radius 3 is 2.60 bits per heavy atom. The third-order valence-corrected chi connectivity index (χ3v) is 3.90. The minimum absolute atomic E-state index is 0.0702. The van der Waals surface area contributed by atoms with Gasteiger partial charge in [0, 0.05) is 26.8 Å². The number of ether oxygens (including phenoxy) is 1. The first-order chi connectivity index (χ1) is 9.68. The molecule has 1 amide bonds. The summed E-state index contributed by atoms with van der Waals surface area (Å²) >= 11 is 0. The van der Waals surface area contributed by atoms with Gasteiger partial charge in [0.05, 0.1) is 6.07 Å². The van der Waals surface area contributed by atoms with Crippen LogP contribution in [0.2, 0.25) is 0 Å². The Morgan fingerprint density at radius 2 is 2.00 bits per heavy atom. The molecule has 1 aliphatic rings. The van der Waals surface area contributed by atoms with E-state index in [1.54, 1.807) is 11.9 Å². The molecule has 4 heteroatoms. The third kappa shape index (κ3) is 3.17. The summed E-state index contributed by atoms with van der Waals surface area (Å²) < 4.78 is 5.26. The Morgan fingerprint density at radius 1 is 1.35 bits per heavy atom. The summed E-state index contributed by atoms with van der Waals surface area (Å²) in [5.74, 6) is -0.0702. The van der Waals surface area contributed by atoms with Crippen LogP contribution in [0.5, 0.6) is 0 Å². The van der Waals surface area contributed by atoms with E-state index in [4.69, 9.17) is 4.74 Å². The van der Waals surface area contributed by atoms with Gasteiger partial charge in [-0.2, -0.15) is 5.26 Å². The first-order valence-electron chi connectivity index (χ1n) is 6.96. The average Bonchev–Trinajstić information content (AvgIpc) is 2.53. The second-order valence-corrected chi connectivity index (χ2v) is 5.27. The van der Waals surface area contributed by atoms with E-state index < -0.39 is 5.41 Å². The van der Waals surface area contributed by atoms with E-state index in [1.165, 1.54) is 5.56 Å². The monoisotopic (exact) mass is 272 g/mol.